The van der Waals surface area contributed by atoms with Crippen LogP contribution in [-0.4, -0.2) is 22.4 Å². The van der Waals surface area contributed by atoms with Gasteiger partial charge in [0.1, 0.15) is 11.5 Å². The third-order valence-corrected chi connectivity index (χ3v) is 3.24. The van der Waals surface area contributed by atoms with Crippen LogP contribution in [0.1, 0.15) is 11.1 Å². The molecule has 0 bridgehead atoms. The van der Waals surface area contributed by atoms with Crippen LogP contribution in [-0.2, 0) is 6.42 Å². The Hall–Kier alpha value is -3.22. The minimum absolute atomic E-state index is 0.412. The third kappa shape index (κ3) is 2.78. The topological polar surface area (TPSA) is 108 Å². The number of hydrogen-bond donors (Lipinski definition) is 4. The zero-order chi connectivity index (χ0) is 15.7. The zero-order valence-corrected chi connectivity index (χ0v) is 11.3. The van der Waals surface area contributed by atoms with Crippen molar-refractivity contribution in [2.75, 3.05) is 10.6 Å². The fraction of sp³-hybridized carbons (Fsp3) is 0.0667. The zero-order valence-electron chi connectivity index (χ0n) is 11.3. The number of fused-ring (bicyclic) bond motifs is 2. The summed E-state index contributed by atoms with van der Waals surface area (Å²) in [5.41, 5.74) is 2.69. The molecule has 1 aliphatic heterocycles. The Bertz CT molecular complexity index is 709. The predicted octanol–water partition coefficient (Wildman–Crippen LogP) is 3.56. The number of rotatable bonds is 2. The third-order valence-electron chi connectivity index (χ3n) is 3.24. The molecule has 0 saturated carbocycles. The predicted molar refractivity (Wildman–Crippen MR) is 79.1 cm³/mol. The van der Waals surface area contributed by atoms with Crippen LogP contribution in [0.25, 0.3) is 0 Å². The molecule has 0 aliphatic carbocycles. The van der Waals surface area contributed by atoms with Crippen molar-refractivity contribution in [1.82, 2.24) is 0 Å². The second-order valence-corrected chi connectivity index (χ2v) is 4.78. The largest absolute Gasteiger partial charge is 0.465 e. The Labute approximate surface area is 125 Å². The molecule has 2 amide bonds. The lowest BCUT2D eigenvalue weighted by atomic mass is 9.99. The van der Waals surface area contributed by atoms with E-state index in [4.69, 9.17) is 14.9 Å². The van der Waals surface area contributed by atoms with Gasteiger partial charge in [-0.3, -0.25) is 10.6 Å². The first-order valence-corrected chi connectivity index (χ1v) is 6.45. The van der Waals surface area contributed by atoms with Crippen LogP contribution >= 0.6 is 0 Å². The molecule has 7 heteroatoms. The highest BCUT2D eigenvalue weighted by molar-refractivity contribution is 5.84. The van der Waals surface area contributed by atoms with Gasteiger partial charge in [-0.1, -0.05) is 12.1 Å². The summed E-state index contributed by atoms with van der Waals surface area (Å²) >= 11 is 0. The first-order valence-electron chi connectivity index (χ1n) is 6.45. The van der Waals surface area contributed by atoms with Gasteiger partial charge in [0, 0.05) is 29.9 Å². The molecule has 4 N–H and O–H groups in total. The molecule has 2 aromatic carbocycles. The smallest absolute Gasteiger partial charge is 0.409 e. The fourth-order valence-electron chi connectivity index (χ4n) is 2.32. The molecule has 0 aromatic heterocycles. The van der Waals surface area contributed by atoms with Crippen LogP contribution in [0.2, 0.25) is 0 Å². The maximum atomic E-state index is 10.7. The summed E-state index contributed by atoms with van der Waals surface area (Å²) in [6.45, 7) is 0. The van der Waals surface area contributed by atoms with E-state index < -0.39 is 12.2 Å². The molecule has 1 heterocycles. The minimum atomic E-state index is -1.15. The van der Waals surface area contributed by atoms with E-state index in [9.17, 15) is 9.59 Å². The molecule has 22 heavy (non-hydrogen) atoms. The summed E-state index contributed by atoms with van der Waals surface area (Å²) < 4.78 is 5.76. The average Bonchev–Trinajstić information content (AvgIpc) is 2.43. The van der Waals surface area contributed by atoms with Crippen molar-refractivity contribution in [3.8, 4) is 11.5 Å². The van der Waals surface area contributed by atoms with E-state index in [1.165, 1.54) is 0 Å². The van der Waals surface area contributed by atoms with Crippen LogP contribution in [0.4, 0.5) is 21.0 Å². The van der Waals surface area contributed by atoms with E-state index in [2.05, 4.69) is 10.6 Å². The summed E-state index contributed by atoms with van der Waals surface area (Å²) in [4.78, 5) is 21.3. The Morgan fingerprint density at radius 2 is 1.32 bits per heavy atom. The Balaban J connectivity index is 1.89. The van der Waals surface area contributed by atoms with Crippen LogP contribution < -0.4 is 15.4 Å². The van der Waals surface area contributed by atoms with E-state index >= 15 is 0 Å². The second-order valence-electron chi connectivity index (χ2n) is 4.78. The summed E-state index contributed by atoms with van der Waals surface area (Å²) in [6, 6.07) is 10.1. The summed E-state index contributed by atoms with van der Waals surface area (Å²) in [7, 11) is 0. The van der Waals surface area contributed by atoms with Crippen LogP contribution in [0, 0.1) is 0 Å². The summed E-state index contributed by atoms with van der Waals surface area (Å²) in [6.07, 6.45) is -1.67. The molecule has 0 radical (unpaired) electrons. The van der Waals surface area contributed by atoms with Gasteiger partial charge in [0.2, 0.25) is 0 Å². The Kier molecular flexibility index (Phi) is 3.30. The normalized spacial score (nSPS) is 11.6. The Morgan fingerprint density at radius 3 is 1.73 bits per heavy atom. The van der Waals surface area contributed by atoms with E-state index in [1.807, 2.05) is 0 Å². The highest BCUT2D eigenvalue weighted by atomic mass is 16.5. The first kappa shape index (κ1) is 13.7. The van der Waals surface area contributed by atoms with Crippen molar-refractivity contribution in [3.63, 3.8) is 0 Å². The number of anilines is 2. The number of benzene rings is 2. The molecule has 3 rings (SSSR count). The number of nitrogens with one attached hydrogen (secondary N) is 2. The maximum absolute atomic E-state index is 10.7. The quantitative estimate of drug-likeness (QED) is 0.578. The number of carbonyl (C=O) groups is 2. The molecule has 1 aliphatic rings. The van der Waals surface area contributed by atoms with Gasteiger partial charge in [0.25, 0.3) is 0 Å². The van der Waals surface area contributed by atoms with E-state index in [0.717, 1.165) is 11.1 Å². The lowest BCUT2D eigenvalue weighted by Gasteiger charge is -2.21. The highest BCUT2D eigenvalue weighted by Crippen LogP contribution is 2.39. The molecule has 0 fully saturated rings. The van der Waals surface area contributed by atoms with E-state index in [-0.39, 0.29) is 0 Å². The Morgan fingerprint density at radius 1 is 0.864 bits per heavy atom. The maximum Gasteiger partial charge on any atom is 0.409 e. The summed E-state index contributed by atoms with van der Waals surface area (Å²) in [5, 5.41) is 22.0. The van der Waals surface area contributed by atoms with Gasteiger partial charge in [0.15, 0.2) is 0 Å². The van der Waals surface area contributed by atoms with Crippen LogP contribution in [0.15, 0.2) is 36.4 Å². The number of carboxylic acid groups (broad SMARTS) is 2. The monoisotopic (exact) mass is 300 g/mol. The molecule has 2 aromatic rings. The molecule has 0 saturated heterocycles. The number of ether oxygens (including phenoxy) is 1. The lowest BCUT2D eigenvalue weighted by Crippen LogP contribution is -2.10. The van der Waals surface area contributed by atoms with Gasteiger partial charge in [-0.2, -0.15) is 0 Å². The fourth-order valence-corrected chi connectivity index (χ4v) is 2.32. The van der Waals surface area contributed by atoms with Crippen LogP contribution in [0.5, 0.6) is 11.5 Å². The van der Waals surface area contributed by atoms with Crippen molar-refractivity contribution in [2.24, 2.45) is 0 Å². The molecule has 0 atom stereocenters. The van der Waals surface area contributed by atoms with Crippen molar-refractivity contribution in [1.29, 1.82) is 0 Å². The number of amides is 2. The van der Waals surface area contributed by atoms with Gasteiger partial charge < -0.3 is 14.9 Å². The standard InChI is InChI=1S/C15H12N2O5/c18-14(19)16-10-3-1-8-5-9-2-4-11(17-15(20)21)7-13(9)22-12(8)6-10/h1-4,6-7,16-17H,5H2,(H,18,19)(H,20,21). The van der Waals surface area contributed by atoms with E-state index in [1.54, 1.807) is 36.4 Å². The van der Waals surface area contributed by atoms with Crippen molar-refractivity contribution in [3.05, 3.63) is 47.5 Å². The molecule has 112 valence electrons. The SMILES string of the molecule is O=C(O)Nc1ccc2c(c1)Oc1cc(NC(=O)O)ccc1C2. The van der Waals surface area contributed by atoms with Gasteiger partial charge in [-0.15, -0.1) is 0 Å². The van der Waals surface area contributed by atoms with Crippen molar-refractivity contribution >= 4 is 23.6 Å². The molecule has 7 nitrogen and oxygen atoms in total. The van der Waals surface area contributed by atoms with Gasteiger partial charge in [0.05, 0.1) is 0 Å². The highest BCUT2D eigenvalue weighted by Gasteiger charge is 2.18. The van der Waals surface area contributed by atoms with E-state index in [0.29, 0.717) is 29.3 Å². The molecule has 0 spiro atoms. The molecular weight excluding hydrogens is 288 g/mol. The lowest BCUT2D eigenvalue weighted by molar-refractivity contribution is 0.208. The van der Waals surface area contributed by atoms with Crippen LogP contribution in [0.3, 0.4) is 0 Å². The second kappa shape index (κ2) is 5.28. The first-order chi connectivity index (χ1) is 10.5. The van der Waals surface area contributed by atoms with Gasteiger partial charge >= 0.3 is 12.2 Å². The minimum Gasteiger partial charge on any atom is -0.465 e. The van der Waals surface area contributed by atoms with Crippen molar-refractivity contribution < 1.29 is 24.5 Å². The van der Waals surface area contributed by atoms with Crippen molar-refractivity contribution in [2.45, 2.75) is 6.42 Å². The molecule has 0 unspecified atom stereocenters. The average molecular weight is 300 g/mol. The van der Waals surface area contributed by atoms with Gasteiger partial charge in [-0.25, -0.2) is 9.59 Å². The summed E-state index contributed by atoms with van der Waals surface area (Å²) in [5.74, 6) is 1.09. The molecular formula is C15H12N2O5. The number of hydrogen-bond acceptors (Lipinski definition) is 3. The van der Waals surface area contributed by atoms with Gasteiger partial charge in [-0.05, 0) is 23.3 Å².